The lowest BCUT2D eigenvalue weighted by atomic mass is 10.1. The summed E-state index contributed by atoms with van der Waals surface area (Å²) < 4.78 is 0. The Morgan fingerprint density at radius 2 is 1.71 bits per heavy atom. The standard InChI is InChI=1S/C18H23N5O/c1-13(2)22-7-9-23(10-8-22)17-12-20-16(11-21-17)14-3-5-15(6-4-14)18(19)24/h3-6,11-13H,7-10H2,1-2H3,(H2,19,24). The van der Waals surface area contributed by atoms with Crippen LogP contribution in [0.25, 0.3) is 11.3 Å². The van der Waals surface area contributed by atoms with Crippen molar-refractivity contribution in [3.63, 3.8) is 0 Å². The highest BCUT2D eigenvalue weighted by Crippen LogP contribution is 2.19. The van der Waals surface area contributed by atoms with Gasteiger partial charge in [0.05, 0.1) is 18.1 Å². The molecule has 2 aromatic rings. The number of aromatic nitrogens is 2. The van der Waals surface area contributed by atoms with Crippen LogP contribution < -0.4 is 10.6 Å². The molecule has 3 rings (SSSR count). The molecule has 126 valence electrons. The van der Waals surface area contributed by atoms with Gasteiger partial charge in [-0.2, -0.15) is 0 Å². The Morgan fingerprint density at radius 3 is 2.21 bits per heavy atom. The summed E-state index contributed by atoms with van der Waals surface area (Å²) in [5.41, 5.74) is 7.46. The van der Waals surface area contributed by atoms with E-state index in [0.717, 1.165) is 43.3 Å². The summed E-state index contributed by atoms with van der Waals surface area (Å²) in [6, 6.07) is 7.68. The molecule has 0 atom stereocenters. The minimum atomic E-state index is -0.427. The highest BCUT2D eigenvalue weighted by atomic mass is 16.1. The van der Waals surface area contributed by atoms with Gasteiger partial charge in [0.1, 0.15) is 5.82 Å². The Labute approximate surface area is 142 Å². The molecule has 0 radical (unpaired) electrons. The van der Waals surface area contributed by atoms with Crippen LogP contribution in [0.4, 0.5) is 5.82 Å². The SMILES string of the molecule is CC(C)N1CCN(c2cnc(-c3ccc(C(N)=O)cc3)cn2)CC1. The molecule has 1 fully saturated rings. The number of primary amides is 1. The van der Waals surface area contributed by atoms with Crippen LogP contribution in [-0.4, -0.2) is 53.0 Å². The topological polar surface area (TPSA) is 75.3 Å². The third kappa shape index (κ3) is 3.54. The first-order chi connectivity index (χ1) is 11.5. The molecule has 1 aliphatic rings. The molecule has 0 aliphatic carbocycles. The predicted octanol–water partition coefficient (Wildman–Crippen LogP) is 1.77. The van der Waals surface area contributed by atoms with E-state index in [0.29, 0.717) is 11.6 Å². The molecule has 6 nitrogen and oxygen atoms in total. The van der Waals surface area contributed by atoms with E-state index in [1.54, 1.807) is 18.3 Å². The molecule has 2 heterocycles. The third-order valence-corrected chi connectivity index (χ3v) is 4.47. The van der Waals surface area contributed by atoms with Crippen molar-refractivity contribution in [2.24, 2.45) is 5.73 Å². The predicted molar refractivity (Wildman–Crippen MR) is 94.9 cm³/mol. The number of anilines is 1. The number of piperazine rings is 1. The number of benzene rings is 1. The fourth-order valence-corrected chi connectivity index (χ4v) is 2.91. The Hall–Kier alpha value is -2.47. The van der Waals surface area contributed by atoms with Crippen molar-refractivity contribution in [3.8, 4) is 11.3 Å². The maximum atomic E-state index is 11.1. The highest BCUT2D eigenvalue weighted by Gasteiger charge is 2.19. The molecule has 0 spiro atoms. The molecular weight excluding hydrogens is 302 g/mol. The second-order valence-corrected chi connectivity index (χ2v) is 6.32. The zero-order chi connectivity index (χ0) is 17.1. The van der Waals surface area contributed by atoms with Gasteiger partial charge in [-0.3, -0.25) is 14.7 Å². The van der Waals surface area contributed by atoms with E-state index in [-0.39, 0.29) is 0 Å². The molecule has 1 aliphatic heterocycles. The molecule has 0 unspecified atom stereocenters. The van der Waals surface area contributed by atoms with Gasteiger partial charge >= 0.3 is 0 Å². The number of nitrogens with zero attached hydrogens (tertiary/aromatic N) is 4. The van der Waals surface area contributed by atoms with Crippen molar-refractivity contribution in [1.29, 1.82) is 0 Å². The van der Waals surface area contributed by atoms with Crippen molar-refractivity contribution in [1.82, 2.24) is 14.9 Å². The van der Waals surface area contributed by atoms with Crippen LogP contribution in [0.5, 0.6) is 0 Å². The largest absolute Gasteiger partial charge is 0.366 e. The van der Waals surface area contributed by atoms with Gasteiger partial charge in [-0.25, -0.2) is 4.98 Å². The summed E-state index contributed by atoms with van der Waals surface area (Å²) in [6.45, 7) is 8.51. The summed E-state index contributed by atoms with van der Waals surface area (Å²) in [4.78, 5) is 24.9. The van der Waals surface area contributed by atoms with Crippen molar-refractivity contribution < 1.29 is 4.79 Å². The number of hydrogen-bond acceptors (Lipinski definition) is 5. The lowest BCUT2D eigenvalue weighted by Crippen LogP contribution is -2.49. The van der Waals surface area contributed by atoms with E-state index < -0.39 is 5.91 Å². The van der Waals surface area contributed by atoms with Crippen molar-refractivity contribution >= 4 is 11.7 Å². The monoisotopic (exact) mass is 325 g/mol. The van der Waals surface area contributed by atoms with Crippen LogP contribution in [-0.2, 0) is 0 Å². The zero-order valence-electron chi connectivity index (χ0n) is 14.1. The smallest absolute Gasteiger partial charge is 0.248 e. The summed E-state index contributed by atoms with van der Waals surface area (Å²) in [6.07, 6.45) is 3.60. The maximum absolute atomic E-state index is 11.1. The fourth-order valence-electron chi connectivity index (χ4n) is 2.91. The quantitative estimate of drug-likeness (QED) is 0.927. The van der Waals surface area contributed by atoms with Gasteiger partial charge in [-0.15, -0.1) is 0 Å². The molecule has 0 bridgehead atoms. The highest BCUT2D eigenvalue weighted by molar-refractivity contribution is 5.93. The molecule has 1 saturated heterocycles. The summed E-state index contributed by atoms with van der Waals surface area (Å²) in [7, 11) is 0. The normalized spacial score (nSPS) is 15.7. The fraction of sp³-hybridized carbons (Fsp3) is 0.389. The minimum absolute atomic E-state index is 0.427. The Balaban J connectivity index is 1.68. The van der Waals surface area contributed by atoms with E-state index >= 15 is 0 Å². The number of amides is 1. The van der Waals surface area contributed by atoms with Gasteiger partial charge in [0, 0.05) is 43.3 Å². The first kappa shape index (κ1) is 16.4. The Bertz CT molecular complexity index is 688. The summed E-state index contributed by atoms with van der Waals surface area (Å²) in [5, 5.41) is 0. The van der Waals surface area contributed by atoms with Crippen LogP contribution in [0.15, 0.2) is 36.7 Å². The molecular formula is C18H23N5O. The zero-order valence-corrected chi connectivity index (χ0v) is 14.1. The van der Waals surface area contributed by atoms with Crippen molar-refractivity contribution in [2.45, 2.75) is 19.9 Å². The third-order valence-electron chi connectivity index (χ3n) is 4.47. The molecule has 6 heteroatoms. The lowest BCUT2D eigenvalue weighted by molar-refractivity contribution is 0.100. The van der Waals surface area contributed by atoms with Gasteiger partial charge in [-0.1, -0.05) is 12.1 Å². The van der Waals surface area contributed by atoms with Crippen LogP contribution >= 0.6 is 0 Å². The van der Waals surface area contributed by atoms with Gasteiger partial charge in [0.2, 0.25) is 5.91 Å². The minimum Gasteiger partial charge on any atom is -0.366 e. The number of carbonyl (C=O) groups excluding carboxylic acids is 1. The average Bonchev–Trinajstić information content (AvgIpc) is 2.62. The second-order valence-electron chi connectivity index (χ2n) is 6.32. The molecule has 1 aromatic heterocycles. The molecule has 1 amide bonds. The first-order valence-electron chi connectivity index (χ1n) is 8.26. The second kappa shape index (κ2) is 6.97. The molecule has 24 heavy (non-hydrogen) atoms. The van der Waals surface area contributed by atoms with E-state index in [2.05, 4.69) is 33.6 Å². The lowest BCUT2D eigenvalue weighted by Gasteiger charge is -2.37. The van der Waals surface area contributed by atoms with Gasteiger partial charge in [-0.05, 0) is 26.0 Å². The number of rotatable bonds is 4. The molecule has 0 saturated carbocycles. The number of nitrogens with two attached hydrogens (primary N) is 1. The first-order valence-corrected chi connectivity index (χ1v) is 8.26. The van der Waals surface area contributed by atoms with Crippen molar-refractivity contribution in [3.05, 3.63) is 42.2 Å². The maximum Gasteiger partial charge on any atom is 0.248 e. The van der Waals surface area contributed by atoms with Crippen LogP contribution in [0.1, 0.15) is 24.2 Å². The van der Waals surface area contributed by atoms with Gasteiger partial charge < -0.3 is 10.6 Å². The molecule has 2 N–H and O–H groups in total. The van der Waals surface area contributed by atoms with E-state index in [4.69, 9.17) is 5.73 Å². The Kier molecular flexibility index (Phi) is 4.76. The van der Waals surface area contributed by atoms with E-state index in [1.165, 1.54) is 0 Å². The van der Waals surface area contributed by atoms with Gasteiger partial charge in [0.15, 0.2) is 0 Å². The number of hydrogen-bond donors (Lipinski definition) is 1. The summed E-state index contributed by atoms with van der Waals surface area (Å²) in [5.74, 6) is 0.486. The average molecular weight is 325 g/mol. The summed E-state index contributed by atoms with van der Waals surface area (Å²) >= 11 is 0. The van der Waals surface area contributed by atoms with Crippen LogP contribution in [0, 0.1) is 0 Å². The van der Waals surface area contributed by atoms with Crippen LogP contribution in [0.3, 0.4) is 0 Å². The van der Waals surface area contributed by atoms with Gasteiger partial charge in [0.25, 0.3) is 0 Å². The van der Waals surface area contributed by atoms with Crippen molar-refractivity contribution in [2.75, 3.05) is 31.1 Å². The molecule has 1 aromatic carbocycles. The Morgan fingerprint density at radius 1 is 1.04 bits per heavy atom. The van der Waals surface area contributed by atoms with E-state index in [1.807, 2.05) is 18.3 Å². The van der Waals surface area contributed by atoms with E-state index in [9.17, 15) is 4.79 Å². The number of carbonyl (C=O) groups is 1. The van der Waals surface area contributed by atoms with Crippen LogP contribution in [0.2, 0.25) is 0 Å².